The van der Waals surface area contributed by atoms with Crippen LogP contribution in [-0.4, -0.2) is 23.1 Å². The minimum atomic E-state index is -3.71. The molecule has 4 rings (SSSR count). The van der Waals surface area contributed by atoms with Crippen LogP contribution in [0.25, 0.3) is 10.9 Å². The van der Waals surface area contributed by atoms with Crippen LogP contribution in [0.15, 0.2) is 32.7 Å². The fourth-order valence-corrected chi connectivity index (χ4v) is 5.61. The zero-order chi connectivity index (χ0) is 20.1. The molecule has 0 atom stereocenters. The molecule has 2 aromatic rings. The maximum absolute atomic E-state index is 12.8. The van der Waals surface area contributed by atoms with Crippen LogP contribution in [0.3, 0.4) is 0 Å². The number of nitrogens with zero attached hydrogens (tertiary/aromatic N) is 2. The molecule has 152 valence electrons. The van der Waals surface area contributed by atoms with Crippen LogP contribution in [0.2, 0.25) is 0 Å². The van der Waals surface area contributed by atoms with Crippen molar-refractivity contribution in [1.29, 1.82) is 0 Å². The molecule has 2 aliphatic carbocycles. The van der Waals surface area contributed by atoms with E-state index >= 15 is 0 Å². The van der Waals surface area contributed by atoms with Crippen molar-refractivity contribution >= 4 is 20.9 Å². The highest BCUT2D eigenvalue weighted by Crippen LogP contribution is 2.36. The van der Waals surface area contributed by atoms with Gasteiger partial charge >= 0.3 is 5.69 Å². The summed E-state index contributed by atoms with van der Waals surface area (Å²) in [6, 6.07) is 4.50. The molecule has 1 aromatic heterocycles. The van der Waals surface area contributed by atoms with Gasteiger partial charge in [0.1, 0.15) is 0 Å². The van der Waals surface area contributed by atoms with Gasteiger partial charge in [0.05, 0.1) is 15.8 Å². The van der Waals surface area contributed by atoms with Gasteiger partial charge in [0.2, 0.25) is 10.0 Å². The highest BCUT2D eigenvalue weighted by molar-refractivity contribution is 7.89. The molecule has 0 saturated heterocycles. The molecule has 1 N–H and O–H groups in total. The van der Waals surface area contributed by atoms with Gasteiger partial charge in [-0.15, -0.1) is 0 Å². The lowest BCUT2D eigenvalue weighted by molar-refractivity contribution is 0.316. The number of rotatable bonds is 5. The number of fused-ring (bicyclic) bond motifs is 1. The summed E-state index contributed by atoms with van der Waals surface area (Å²) in [5.74, 6) is 0.409. The Labute approximate surface area is 164 Å². The summed E-state index contributed by atoms with van der Waals surface area (Å²) in [5.41, 5.74) is -0.689. The lowest BCUT2D eigenvalue weighted by Gasteiger charge is -2.23. The quantitative estimate of drug-likeness (QED) is 0.825. The zero-order valence-electron chi connectivity index (χ0n) is 16.4. The summed E-state index contributed by atoms with van der Waals surface area (Å²) in [6.45, 7) is 2.43. The summed E-state index contributed by atoms with van der Waals surface area (Å²) in [6.07, 6.45) is 7.32. The molecule has 1 aromatic carbocycles. The first-order valence-electron chi connectivity index (χ1n) is 9.98. The van der Waals surface area contributed by atoms with E-state index in [2.05, 4.69) is 4.72 Å². The van der Waals surface area contributed by atoms with E-state index in [0.29, 0.717) is 18.0 Å². The van der Waals surface area contributed by atoms with Crippen LogP contribution in [0.5, 0.6) is 0 Å². The van der Waals surface area contributed by atoms with Gasteiger partial charge < -0.3 is 0 Å². The SMILES string of the molecule is Cn1c(=O)c2cc(S(=O)(=O)NC3(C)CC3)ccc2n(CC2CCCCC2)c1=O. The molecule has 0 spiro atoms. The van der Waals surface area contributed by atoms with E-state index < -0.39 is 21.1 Å². The average Bonchev–Trinajstić information content (AvgIpc) is 3.39. The van der Waals surface area contributed by atoms with Crippen LogP contribution in [0.4, 0.5) is 0 Å². The van der Waals surface area contributed by atoms with Gasteiger partial charge in [0.15, 0.2) is 0 Å². The summed E-state index contributed by atoms with van der Waals surface area (Å²) < 4.78 is 30.8. The third kappa shape index (κ3) is 3.55. The van der Waals surface area contributed by atoms with Crippen molar-refractivity contribution in [3.05, 3.63) is 39.0 Å². The van der Waals surface area contributed by atoms with Crippen LogP contribution in [-0.2, 0) is 23.6 Å². The van der Waals surface area contributed by atoms with E-state index in [-0.39, 0.29) is 16.0 Å². The zero-order valence-corrected chi connectivity index (χ0v) is 17.2. The first kappa shape index (κ1) is 19.4. The molecule has 8 heteroatoms. The first-order chi connectivity index (χ1) is 13.2. The Morgan fingerprint density at radius 2 is 1.82 bits per heavy atom. The van der Waals surface area contributed by atoms with E-state index in [9.17, 15) is 18.0 Å². The Balaban J connectivity index is 1.80. The van der Waals surface area contributed by atoms with Crippen molar-refractivity contribution in [3.63, 3.8) is 0 Å². The second-order valence-corrected chi connectivity index (χ2v) is 10.3. The number of hydrogen-bond donors (Lipinski definition) is 1. The first-order valence-corrected chi connectivity index (χ1v) is 11.5. The highest BCUT2D eigenvalue weighted by atomic mass is 32.2. The van der Waals surface area contributed by atoms with Gasteiger partial charge in [-0.2, -0.15) is 0 Å². The molecule has 2 fully saturated rings. The predicted molar refractivity (Wildman–Crippen MR) is 108 cm³/mol. The third-order valence-electron chi connectivity index (χ3n) is 6.17. The van der Waals surface area contributed by atoms with E-state index in [1.807, 2.05) is 6.92 Å². The second-order valence-electron chi connectivity index (χ2n) is 8.61. The van der Waals surface area contributed by atoms with Crippen LogP contribution in [0, 0.1) is 5.92 Å². The van der Waals surface area contributed by atoms with Gasteiger partial charge in [0.25, 0.3) is 5.56 Å². The Morgan fingerprint density at radius 1 is 1.14 bits per heavy atom. The van der Waals surface area contributed by atoms with Gasteiger partial charge in [-0.3, -0.25) is 13.9 Å². The molecule has 0 radical (unpaired) electrons. The van der Waals surface area contributed by atoms with E-state index in [1.54, 1.807) is 10.6 Å². The number of hydrogen-bond acceptors (Lipinski definition) is 4. The normalized spacial score (nSPS) is 19.8. The number of aromatic nitrogens is 2. The van der Waals surface area contributed by atoms with E-state index in [4.69, 9.17) is 0 Å². The molecule has 1 heterocycles. The van der Waals surface area contributed by atoms with Crippen molar-refractivity contribution in [3.8, 4) is 0 Å². The van der Waals surface area contributed by atoms with Gasteiger partial charge in [-0.25, -0.2) is 17.9 Å². The van der Waals surface area contributed by atoms with Crippen molar-refractivity contribution in [2.24, 2.45) is 13.0 Å². The maximum Gasteiger partial charge on any atom is 0.331 e. The van der Waals surface area contributed by atoms with E-state index in [1.165, 1.54) is 25.6 Å². The molecule has 7 nitrogen and oxygen atoms in total. The molecule has 0 aliphatic heterocycles. The molecule has 0 bridgehead atoms. The molecule has 2 aliphatic rings. The Kier molecular flexibility index (Phi) is 4.74. The predicted octanol–water partition coefficient (Wildman–Crippen LogP) is 2.11. The van der Waals surface area contributed by atoms with E-state index in [0.717, 1.165) is 43.1 Å². The summed E-state index contributed by atoms with van der Waals surface area (Å²) >= 11 is 0. The van der Waals surface area contributed by atoms with Gasteiger partial charge in [0, 0.05) is 19.1 Å². The number of nitrogens with one attached hydrogen (secondary N) is 1. The van der Waals surface area contributed by atoms with Crippen LogP contribution < -0.4 is 16.0 Å². The smallest absolute Gasteiger partial charge is 0.293 e. The molecular formula is C20H27N3O4S. The third-order valence-corrected chi connectivity index (χ3v) is 7.80. The minimum Gasteiger partial charge on any atom is -0.293 e. The fraction of sp³-hybridized carbons (Fsp3) is 0.600. The Morgan fingerprint density at radius 3 is 2.46 bits per heavy atom. The molecule has 2 saturated carbocycles. The lowest BCUT2D eigenvalue weighted by atomic mass is 9.89. The highest BCUT2D eigenvalue weighted by Gasteiger charge is 2.41. The van der Waals surface area contributed by atoms with Crippen molar-refractivity contribution in [2.75, 3.05) is 0 Å². The Hall–Kier alpha value is -1.93. The molecule has 0 amide bonds. The van der Waals surface area contributed by atoms with Crippen LogP contribution >= 0.6 is 0 Å². The summed E-state index contributed by atoms with van der Waals surface area (Å²) in [5, 5.41) is 0.265. The Bertz CT molecular complexity index is 1140. The average molecular weight is 406 g/mol. The molecular weight excluding hydrogens is 378 g/mol. The fourth-order valence-electron chi connectivity index (χ4n) is 4.12. The van der Waals surface area contributed by atoms with Gasteiger partial charge in [-0.05, 0) is 56.7 Å². The standard InChI is InChI=1S/C20H27N3O4S/c1-20(10-11-20)21-28(26,27)15-8-9-17-16(12-15)18(24)22(2)19(25)23(17)13-14-6-4-3-5-7-14/h8-9,12,14,21H,3-7,10-11,13H2,1-2H3. The number of sulfonamides is 1. The van der Waals surface area contributed by atoms with Crippen molar-refractivity contribution < 1.29 is 8.42 Å². The van der Waals surface area contributed by atoms with Gasteiger partial charge in [-0.1, -0.05) is 19.3 Å². The van der Waals surface area contributed by atoms with Crippen molar-refractivity contribution in [1.82, 2.24) is 13.9 Å². The summed E-state index contributed by atoms with van der Waals surface area (Å²) in [4.78, 5) is 25.5. The lowest BCUT2D eigenvalue weighted by Crippen LogP contribution is -2.39. The number of benzene rings is 1. The molecule has 0 unspecified atom stereocenters. The van der Waals surface area contributed by atoms with Crippen molar-refractivity contribution in [2.45, 2.75) is 68.8 Å². The van der Waals surface area contributed by atoms with Crippen LogP contribution in [0.1, 0.15) is 51.9 Å². The second kappa shape index (κ2) is 6.84. The maximum atomic E-state index is 12.8. The largest absolute Gasteiger partial charge is 0.331 e. The monoisotopic (exact) mass is 405 g/mol. The summed E-state index contributed by atoms with van der Waals surface area (Å²) in [7, 11) is -2.26. The molecule has 28 heavy (non-hydrogen) atoms. The minimum absolute atomic E-state index is 0.0630. The topological polar surface area (TPSA) is 90.2 Å².